The SMILES string of the molecule is CCCOc1ccccc1C(N)C(OC)C1CCCCC1. The van der Waals surface area contributed by atoms with Crippen molar-refractivity contribution in [2.24, 2.45) is 11.7 Å². The second-order valence-electron chi connectivity index (χ2n) is 6.01. The van der Waals surface area contributed by atoms with E-state index in [1.54, 1.807) is 7.11 Å². The Kier molecular flexibility index (Phi) is 6.52. The van der Waals surface area contributed by atoms with Crippen LogP contribution in [0.2, 0.25) is 0 Å². The average molecular weight is 291 g/mol. The van der Waals surface area contributed by atoms with E-state index in [4.69, 9.17) is 15.2 Å². The second-order valence-corrected chi connectivity index (χ2v) is 6.01. The summed E-state index contributed by atoms with van der Waals surface area (Å²) in [6.45, 7) is 2.84. The molecule has 1 fully saturated rings. The number of rotatable bonds is 7. The number of benzene rings is 1. The van der Waals surface area contributed by atoms with Crippen molar-refractivity contribution in [2.75, 3.05) is 13.7 Å². The highest BCUT2D eigenvalue weighted by molar-refractivity contribution is 5.36. The van der Waals surface area contributed by atoms with Crippen LogP contribution in [0.1, 0.15) is 57.1 Å². The van der Waals surface area contributed by atoms with Gasteiger partial charge in [-0.3, -0.25) is 0 Å². The molecule has 0 aliphatic heterocycles. The highest BCUT2D eigenvalue weighted by atomic mass is 16.5. The first-order chi connectivity index (χ1) is 10.3. The number of hydrogen-bond acceptors (Lipinski definition) is 3. The highest BCUT2D eigenvalue weighted by Crippen LogP contribution is 2.35. The zero-order chi connectivity index (χ0) is 15.1. The summed E-state index contributed by atoms with van der Waals surface area (Å²) in [6.07, 6.45) is 7.47. The van der Waals surface area contributed by atoms with Crippen LogP contribution < -0.4 is 10.5 Å². The Hall–Kier alpha value is -1.06. The molecule has 1 aliphatic rings. The molecular weight excluding hydrogens is 262 g/mol. The monoisotopic (exact) mass is 291 g/mol. The molecule has 2 rings (SSSR count). The lowest BCUT2D eigenvalue weighted by Crippen LogP contribution is -2.36. The Morgan fingerprint density at radius 1 is 1.19 bits per heavy atom. The summed E-state index contributed by atoms with van der Waals surface area (Å²) in [5.41, 5.74) is 7.62. The molecule has 2 unspecified atom stereocenters. The van der Waals surface area contributed by atoms with E-state index in [9.17, 15) is 0 Å². The summed E-state index contributed by atoms with van der Waals surface area (Å²) in [4.78, 5) is 0. The van der Waals surface area contributed by atoms with Gasteiger partial charge in [0.25, 0.3) is 0 Å². The Balaban J connectivity index is 2.14. The van der Waals surface area contributed by atoms with Gasteiger partial charge in [0.2, 0.25) is 0 Å². The number of hydrogen-bond donors (Lipinski definition) is 1. The van der Waals surface area contributed by atoms with Crippen molar-refractivity contribution in [3.63, 3.8) is 0 Å². The Morgan fingerprint density at radius 2 is 1.90 bits per heavy atom. The van der Waals surface area contributed by atoms with Crippen molar-refractivity contribution >= 4 is 0 Å². The van der Waals surface area contributed by atoms with Crippen molar-refractivity contribution < 1.29 is 9.47 Å². The number of ether oxygens (including phenoxy) is 2. The minimum atomic E-state index is -0.119. The standard InChI is InChI=1S/C18H29NO2/c1-3-13-21-16-12-8-7-11-15(16)17(19)18(20-2)14-9-5-4-6-10-14/h7-8,11-12,14,17-18H,3-6,9-10,13,19H2,1-2H3. The molecule has 1 aromatic carbocycles. The van der Waals surface area contributed by atoms with E-state index in [2.05, 4.69) is 13.0 Å². The van der Waals surface area contributed by atoms with Gasteiger partial charge in [0.1, 0.15) is 5.75 Å². The maximum absolute atomic E-state index is 6.55. The molecule has 0 heterocycles. The summed E-state index contributed by atoms with van der Waals surface area (Å²) >= 11 is 0. The molecule has 3 heteroatoms. The zero-order valence-corrected chi connectivity index (χ0v) is 13.4. The van der Waals surface area contributed by atoms with Gasteiger partial charge in [0, 0.05) is 12.7 Å². The maximum Gasteiger partial charge on any atom is 0.124 e. The predicted molar refractivity (Wildman–Crippen MR) is 86.5 cm³/mol. The molecule has 0 saturated heterocycles. The van der Waals surface area contributed by atoms with Gasteiger partial charge in [-0.15, -0.1) is 0 Å². The van der Waals surface area contributed by atoms with Gasteiger partial charge >= 0.3 is 0 Å². The topological polar surface area (TPSA) is 44.5 Å². The fourth-order valence-corrected chi connectivity index (χ4v) is 3.37. The van der Waals surface area contributed by atoms with E-state index in [-0.39, 0.29) is 12.1 Å². The first-order valence-electron chi connectivity index (χ1n) is 8.28. The Labute approximate surface area is 128 Å². The second kappa shape index (κ2) is 8.40. The quantitative estimate of drug-likeness (QED) is 0.823. The van der Waals surface area contributed by atoms with Gasteiger partial charge in [0.15, 0.2) is 0 Å². The summed E-state index contributed by atoms with van der Waals surface area (Å²) in [7, 11) is 1.79. The molecule has 0 radical (unpaired) electrons. The Morgan fingerprint density at radius 3 is 2.57 bits per heavy atom. The van der Waals surface area contributed by atoms with Crippen LogP contribution in [-0.4, -0.2) is 19.8 Å². The lowest BCUT2D eigenvalue weighted by Gasteiger charge is -2.33. The molecule has 0 aromatic heterocycles. The molecule has 118 valence electrons. The van der Waals surface area contributed by atoms with Gasteiger partial charge in [-0.1, -0.05) is 44.4 Å². The number of para-hydroxylation sites is 1. The Bertz CT molecular complexity index is 415. The molecule has 0 spiro atoms. The van der Waals surface area contributed by atoms with E-state index in [0.717, 1.165) is 24.3 Å². The van der Waals surface area contributed by atoms with Crippen LogP contribution >= 0.6 is 0 Å². The van der Waals surface area contributed by atoms with Gasteiger partial charge in [-0.05, 0) is 31.2 Å². The van der Waals surface area contributed by atoms with Crippen LogP contribution in [0.4, 0.5) is 0 Å². The molecule has 1 aliphatic carbocycles. The zero-order valence-electron chi connectivity index (χ0n) is 13.4. The summed E-state index contributed by atoms with van der Waals surface area (Å²) in [5, 5.41) is 0. The first kappa shape index (κ1) is 16.3. The van der Waals surface area contributed by atoms with E-state index < -0.39 is 0 Å². The van der Waals surface area contributed by atoms with Crippen LogP contribution in [0.5, 0.6) is 5.75 Å². The fourth-order valence-electron chi connectivity index (χ4n) is 3.37. The normalized spacial score (nSPS) is 19.2. The van der Waals surface area contributed by atoms with Crippen LogP contribution in [0, 0.1) is 5.92 Å². The van der Waals surface area contributed by atoms with Gasteiger partial charge in [0.05, 0.1) is 18.8 Å². The van der Waals surface area contributed by atoms with Crippen LogP contribution in [0.3, 0.4) is 0 Å². The van der Waals surface area contributed by atoms with E-state index in [1.165, 1.54) is 32.1 Å². The largest absolute Gasteiger partial charge is 0.493 e. The minimum Gasteiger partial charge on any atom is -0.493 e. The molecule has 1 aromatic rings. The minimum absolute atomic E-state index is 0.0803. The number of nitrogens with two attached hydrogens (primary N) is 1. The van der Waals surface area contributed by atoms with Gasteiger partial charge in [-0.25, -0.2) is 0 Å². The van der Waals surface area contributed by atoms with Gasteiger partial charge < -0.3 is 15.2 Å². The van der Waals surface area contributed by atoms with E-state index >= 15 is 0 Å². The van der Waals surface area contributed by atoms with Crippen molar-refractivity contribution in [2.45, 2.75) is 57.6 Å². The van der Waals surface area contributed by atoms with Crippen LogP contribution in [0.15, 0.2) is 24.3 Å². The smallest absolute Gasteiger partial charge is 0.124 e. The molecule has 0 bridgehead atoms. The molecule has 2 atom stereocenters. The summed E-state index contributed by atoms with van der Waals surface area (Å²) < 4.78 is 11.6. The average Bonchev–Trinajstić information content (AvgIpc) is 2.55. The molecule has 2 N–H and O–H groups in total. The number of methoxy groups -OCH3 is 1. The van der Waals surface area contributed by atoms with Crippen molar-refractivity contribution in [1.82, 2.24) is 0 Å². The van der Waals surface area contributed by atoms with E-state index in [0.29, 0.717) is 5.92 Å². The molecule has 0 amide bonds. The third kappa shape index (κ3) is 4.21. The molecule has 21 heavy (non-hydrogen) atoms. The lowest BCUT2D eigenvalue weighted by molar-refractivity contribution is 0.0166. The third-order valence-corrected chi connectivity index (χ3v) is 4.48. The molecule has 1 saturated carbocycles. The molecule has 3 nitrogen and oxygen atoms in total. The predicted octanol–water partition coefficient (Wildman–Crippen LogP) is 4.07. The van der Waals surface area contributed by atoms with E-state index in [1.807, 2.05) is 18.2 Å². The van der Waals surface area contributed by atoms with Crippen LogP contribution in [-0.2, 0) is 4.74 Å². The van der Waals surface area contributed by atoms with Crippen molar-refractivity contribution in [1.29, 1.82) is 0 Å². The van der Waals surface area contributed by atoms with Crippen LogP contribution in [0.25, 0.3) is 0 Å². The highest BCUT2D eigenvalue weighted by Gasteiger charge is 2.30. The van der Waals surface area contributed by atoms with Crippen molar-refractivity contribution in [3.8, 4) is 5.75 Å². The van der Waals surface area contributed by atoms with Crippen molar-refractivity contribution in [3.05, 3.63) is 29.8 Å². The molecular formula is C18H29NO2. The summed E-state index contributed by atoms with van der Waals surface area (Å²) in [6, 6.07) is 8.00. The maximum atomic E-state index is 6.55. The fraction of sp³-hybridized carbons (Fsp3) is 0.667. The third-order valence-electron chi connectivity index (χ3n) is 4.48. The summed E-state index contributed by atoms with van der Waals surface area (Å²) in [5.74, 6) is 1.47. The van der Waals surface area contributed by atoms with Gasteiger partial charge in [-0.2, -0.15) is 0 Å². The lowest BCUT2D eigenvalue weighted by atomic mass is 9.81. The first-order valence-corrected chi connectivity index (χ1v) is 8.28.